The number of hydrogen-bond donors (Lipinski definition) is 0. The summed E-state index contributed by atoms with van der Waals surface area (Å²) in [5.74, 6) is 0.00514. The topological polar surface area (TPSA) is 40.1 Å². The number of rotatable bonds is 2. The largest absolute Gasteiger partial charge is 0.550 e. The summed E-state index contributed by atoms with van der Waals surface area (Å²) in [5, 5.41) is 11.0. The molecule has 3 atom stereocenters. The van der Waals surface area contributed by atoms with Gasteiger partial charge < -0.3 is 9.90 Å². The summed E-state index contributed by atoms with van der Waals surface area (Å²) in [5.41, 5.74) is 0.0339. The van der Waals surface area contributed by atoms with Crippen molar-refractivity contribution >= 4 is 5.97 Å². The third kappa shape index (κ3) is 0.628. The molecule has 2 heteroatoms. The molecule has 0 aliphatic heterocycles. The fraction of sp³-hybridized carbons (Fsp3) is 0.909. The fourth-order valence-corrected chi connectivity index (χ4v) is 3.75. The van der Waals surface area contributed by atoms with Crippen LogP contribution >= 0.6 is 0 Å². The van der Waals surface area contributed by atoms with Gasteiger partial charge >= 0.3 is 0 Å². The summed E-state index contributed by atoms with van der Waals surface area (Å²) in [6, 6.07) is 0. The lowest BCUT2D eigenvalue weighted by Gasteiger charge is -2.15. The van der Waals surface area contributed by atoms with E-state index in [9.17, 15) is 9.90 Å². The highest BCUT2D eigenvalue weighted by Crippen LogP contribution is 2.91. The summed E-state index contributed by atoms with van der Waals surface area (Å²) in [4.78, 5) is 11.0. The Morgan fingerprint density at radius 1 is 1.31 bits per heavy atom. The van der Waals surface area contributed by atoms with Gasteiger partial charge in [0.2, 0.25) is 0 Å². The number of carbonyl (C=O) groups excluding carboxylic acids is 1. The van der Waals surface area contributed by atoms with Crippen molar-refractivity contribution in [2.75, 3.05) is 0 Å². The van der Waals surface area contributed by atoms with Gasteiger partial charge in [0.25, 0.3) is 0 Å². The molecule has 3 fully saturated rings. The molecule has 0 saturated heterocycles. The van der Waals surface area contributed by atoms with Gasteiger partial charge in [0, 0.05) is 11.4 Å². The Balaban J connectivity index is 1.87. The molecule has 0 aromatic carbocycles. The second kappa shape index (κ2) is 1.67. The average Bonchev–Trinajstić information content (AvgIpc) is 2.78. The van der Waals surface area contributed by atoms with E-state index in [1.54, 1.807) is 0 Å². The van der Waals surface area contributed by atoms with Gasteiger partial charge in [-0.15, -0.1) is 0 Å². The Labute approximate surface area is 78.3 Å². The first-order valence-electron chi connectivity index (χ1n) is 5.18. The lowest BCUT2D eigenvalue weighted by Crippen LogP contribution is -2.33. The lowest BCUT2D eigenvalue weighted by molar-refractivity contribution is -0.314. The van der Waals surface area contributed by atoms with E-state index < -0.39 is 11.4 Å². The predicted molar refractivity (Wildman–Crippen MR) is 45.6 cm³/mol. The highest BCUT2D eigenvalue weighted by molar-refractivity contribution is 5.79. The van der Waals surface area contributed by atoms with Crippen LogP contribution in [0.5, 0.6) is 0 Å². The van der Waals surface area contributed by atoms with Crippen molar-refractivity contribution in [1.29, 1.82) is 0 Å². The Hall–Kier alpha value is -0.530. The third-order valence-electron chi connectivity index (χ3n) is 5.15. The highest BCUT2D eigenvalue weighted by atomic mass is 16.4. The summed E-state index contributed by atoms with van der Waals surface area (Å²) >= 11 is 0. The smallest absolute Gasteiger partial charge is 0.0479 e. The first-order chi connectivity index (χ1) is 5.96. The van der Waals surface area contributed by atoms with Crippen molar-refractivity contribution < 1.29 is 9.90 Å². The van der Waals surface area contributed by atoms with E-state index in [2.05, 4.69) is 6.92 Å². The maximum atomic E-state index is 11.0. The van der Waals surface area contributed by atoms with Crippen LogP contribution in [0, 0.1) is 22.2 Å². The molecule has 3 saturated carbocycles. The Morgan fingerprint density at radius 2 is 1.92 bits per heavy atom. The minimum absolute atomic E-state index is 0.153. The van der Waals surface area contributed by atoms with E-state index >= 15 is 0 Å². The molecule has 1 spiro atoms. The van der Waals surface area contributed by atoms with Crippen LogP contribution in [0.15, 0.2) is 0 Å². The summed E-state index contributed by atoms with van der Waals surface area (Å²) < 4.78 is 0. The van der Waals surface area contributed by atoms with Crippen LogP contribution in [0.1, 0.15) is 39.5 Å². The van der Waals surface area contributed by atoms with Crippen molar-refractivity contribution in [1.82, 2.24) is 0 Å². The molecule has 0 amide bonds. The monoisotopic (exact) mass is 179 g/mol. The molecule has 0 aromatic heterocycles. The van der Waals surface area contributed by atoms with Crippen LogP contribution in [0.25, 0.3) is 0 Å². The van der Waals surface area contributed by atoms with Gasteiger partial charge in [-0.2, -0.15) is 0 Å². The standard InChI is InChI=1S/C11H16O2/c1-9(7-3-4-7)5-11(9)6-10(11,2)8(12)13/h7H,3-6H2,1-2H3,(H,12,13)/p-1/t9-,10-,11+/m0/s1. The van der Waals surface area contributed by atoms with E-state index in [0.29, 0.717) is 5.41 Å². The van der Waals surface area contributed by atoms with Crippen molar-refractivity contribution in [2.24, 2.45) is 22.2 Å². The first kappa shape index (κ1) is 7.84. The summed E-state index contributed by atoms with van der Waals surface area (Å²) in [6.07, 6.45) is 4.65. The van der Waals surface area contributed by atoms with Crippen LogP contribution in [0.3, 0.4) is 0 Å². The summed E-state index contributed by atoms with van der Waals surface area (Å²) in [7, 11) is 0. The molecule has 0 N–H and O–H groups in total. The minimum atomic E-state index is -0.822. The zero-order valence-corrected chi connectivity index (χ0v) is 8.22. The van der Waals surface area contributed by atoms with Gasteiger partial charge in [-0.25, -0.2) is 0 Å². The average molecular weight is 179 g/mol. The van der Waals surface area contributed by atoms with Crippen molar-refractivity contribution in [3.8, 4) is 0 Å². The van der Waals surface area contributed by atoms with Crippen LogP contribution < -0.4 is 5.11 Å². The molecule has 3 aliphatic carbocycles. The molecule has 13 heavy (non-hydrogen) atoms. The maximum Gasteiger partial charge on any atom is 0.0479 e. The van der Waals surface area contributed by atoms with Crippen molar-refractivity contribution in [2.45, 2.75) is 39.5 Å². The van der Waals surface area contributed by atoms with Gasteiger partial charge in [0.1, 0.15) is 0 Å². The maximum absolute atomic E-state index is 11.0. The predicted octanol–water partition coefficient (Wildman–Crippen LogP) is 0.953. The Kier molecular flexibility index (Phi) is 1.00. The second-order valence-corrected chi connectivity index (χ2v) is 5.75. The molecule has 0 aromatic rings. The van der Waals surface area contributed by atoms with Crippen LogP contribution in [-0.4, -0.2) is 5.97 Å². The van der Waals surface area contributed by atoms with Crippen LogP contribution in [0.4, 0.5) is 0 Å². The van der Waals surface area contributed by atoms with Gasteiger partial charge in [0.05, 0.1) is 0 Å². The molecule has 2 nitrogen and oxygen atoms in total. The van der Waals surface area contributed by atoms with Crippen LogP contribution in [0.2, 0.25) is 0 Å². The summed E-state index contributed by atoms with van der Waals surface area (Å²) in [6.45, 7) is 4.15. The molecular formula is C11H15O2-. The van der Waals surface area contributed by atoms with E-state index in [1.165, 1.54) is 12.8 Å². The molecular weight excluding hydrogens is 164 g/mol. The zero-order chi connectivity index (χ0) is 9.48. The highest BCUT2D eigenvalue weighted by Gasteiger charge is 2.85. The van der Waals surface area contributed by atoms with Gasteiger partial charge in [0.15, 0.2) is 0 Å². The molecule has 0 radical (unpaired) electrons. The molecule has 3 aliphatic rings. The fourth-order valence-electron chi connectivity index (χ4n) is 3.75. The van der Waals surface area contributed by atoms with E-state index in [4.69, 9.17) is 0 Å². The number of carboxylic acid groups (broad SMARTS) is 1. The Morgan fingerprint density at radius 3 is 2.31 bits per heavy atom. The van der Waals surface area contributed by atoms with E-state index in [0.717, 1.165) is 18.8 Å². The normalized spacial score (nSPS) is 58.0. The quantitative estimate of drug-likeness (QED) is 0.633. The third-order valence-corrected chi connectivity index (χ3v) is 5.15. The zero-order valence-electron chi connectivity index (χ0n) is 8.22. The molecule has 72 valence electrons. The number of aliphatic carboxylic acids is 1. The van der Waals surface area contributed by atoms with Crippen molar-refractivity contribution in [3.05, 3.63) is 0 Å². The van der Waals surface area contributed by atoms with Gasteiger partial charge in [-0.3, -0.25) is 0 Å². The number of carbonyl (C=O) groups is 1. The van der Waals surface area contributed by atoms with E-state index in [-0.39, 0.29) is 5.41 Å². The lowest BCUT2D eigenvalue weighted by atomic mass is 9.93. The molecule has 0 unspecified atom stereocenters. The van der Waals surface area contributed by atoms with Gasteiger partial charge in [-0.1, -0.05) is 13.8 Å². The minimum Gasteiger partial charge on any atom is -0.550 e. The van der Waals surface area contributed by atoms with Crippen LogP contribution in [-0.2, 0) is 4.79 Å². The first-order valence-corrected chi connectivity index (χ1v) is 5.18. The molecule has 3 rings (SSSR count). The molecule has 0 bridgehead atoms. The van der Waals surface area contributed by atoms with Gasteiger partial charge in [-0.05, 0) is 42.4 Å². The second-order valence-electron chi connectivity index (χ2n) is 5.75. The SMILES string of the molecule is C[C@@]1(C(=O)[O-])C[C@@]12C[C@@]2(C)C1CC1. The number of hydrogen-bond acceptors (Lipinski definition) is 2. The van der Waals surface area contributed by atoms with E-state index in [1.807, 2.05) is 6.92 Å². The number of carboxylic acids is 1. The Bertz CT molecular complexity index is 307. The van der Waals surface area contributed by atoms with Crippen molar-refractivity contribution in [3.63, 3.8) is 0 Å². The molecule has 0 heterocycles.